The standard InChI is InChI=1S/C9H17N5O2/c1-2-11-7-3-8(14-9(10)13-7)12-4-6(16)5-15/h3,6,15-16H,2,4-5H2,1H3,(H4,10,11,12,13,14). The SMILES string of the molecule is CCNc1cc(NCC(O)CO)nc(N)n1. The van der Waals surface area contributed by atoms with E-state index in [1.54, 1.807) is 6.07 Å². The van der Waals surface area contributed by atoms with Crippen LogP contribution in [0.1, 0.15) is 6.92 Å². The summed E-state index contributed by atoms with van der Waals surface area (Å²) in [7, 11) is 0. The van der Waals surface area contributed by atoms with Crippen molar-refractivity contribution in [1.29, 1.82) is 0 Å². The zero-order valence-corrected chi connectivity index (χ0v) is 9.14. The molecule has 0 aliphatic carbocycles. The minimum absolute atomic E-state index is 0.152. The number of nitrogen functional groups attached to an aromatic ring is 1. The molecule has 0 aromatic carbocycles. The van der Waals surface area contributed by atoms with Gasteiger partial charge in [-0.25, -0.2) is 0 Å². The van der Waals surface area contributed by atoms with Crippen LogP contribution < -0.4 is 16.4 Å². The Morgan fingerprint density at radius 2 is 2.00 bits per heavy atom. The number of rotatable bonds is 6. The van der Waals surface area contributed by atoms with Crippen LogP contribution in [0.4, 0.5) is 17.6 Å². The number of hydrogen-bond donors (Lipinski definition) is 5. The molecule has 0 spiro atoms. The highest BCUT2D eigenvalue weighted by atomic mass is 16.3. The molecule has 1 atom stereocenters. The van der Waals surface area contributed by atoms with Crippen molar-refractivity contribution in [3.05, 3.63) is 6.07 Å². The van der Waals surface area contributed by atoms with E-state index in [4.69, 9.17) is 15.9 Å². The van der Waals surface area contributed by atoms with E-state index in [0.717, 1.165) is 6.54 Å². The van der Waals surface area contributed by atoms with Crippen LogP contribution in [0.5, 0.6) is 0 Å². The van der Waals surface area contributed by atoms with Crippen LogP contribution in [0.3, 0.4) is 0 Å². The predicted molar refractivity (Wildman–Crippen MR) is 62.2 cm³/mol. The third-order valence-electron chi connectivity index (χ3n) is 1.83. The van der Waals surface area contributed by atoms with Crippen LogP contribution in [-0.2, 0) is 0 Å². The van der Waals surface area contributed by atoms with E-state index in [2.05, 4.69) is 20.6 Å². The third-order valence-corrected chi connectivity index (χ3v) is 1.83. The Balaban J connectivity index is 2.64. The highest BCUT2D eigenvalue weighted by Gasteiger charge is 2.04. The first-order valence-corrected chi connectivity index (χ1v) is 5.07. The van der Waals surface area contributed by atoms with Crippen LogP contribution in [-0.4, -0.2) is 46.0 Å². The van der Waals surface area contributed by atoms with Crippen LogP contribution in [0, 0.1) is 0 Å². The first-order chi connectivity index (χ1) is 7.65. The molecular formula is C9H17N5O2. The molecule has 7 heteroatoms. The van der Waals surface area contributed by atoms with Gasteiger partial charge in [0, 0.05) is 19.2 Å². The Morgan fingerprint density at radius 3 is 2.56 bits per heavy atom. The second-order valence-electron chi connectivity index (χ2n) is 3.24. The Morgan fingerprint density at radius 1 is 1.38 bits per heavy atom. The van der Waals surface area contributed by atoms with E-state index in [9.17, 15) is 0 Å². The fourth-order valence-electron chi connectivity index (χ4n) is 1.12. The number of nitrogens with two attached hydrogens (primary N) is 1. The van der Waals surface area contributed by atoms with Gasteiger partial charge in [-0.05, 0) is 6.92 Å². The average molecular weight is 227 g/mol. The van der Waals surface area contributed by atoms with E-state index >= 15 is 0 Å². The predicted octanol–water partition coefficient (Wildman–Crippen LogP) is -0.744. The van der Waals surface area contributed by atoms with Gasteiger partial charge in [0.05, 0.1) is 12.7 Å². The molecule has 0 saturated carbocycles. The summed E-state index contributed by atoms with van der Waals surface area (Å²) in [6, 6.07) is 1.68. The second kappa shape index (κ2) is 6.09. The molecule has 0 amide bonds. The molecule has 6 N–H and O–H groups in total. The lowest BCUT2D eigenvalue weighted by Crippen LogP contribution is -2.23. The molecule has 0 radical (unpaired) electrons. The van der Waals surface area contributed by atoms with Gasteiger partial charge in [-0.3, -0.25) is 0 Å². The lowest BCUT2D eigenvalue weighted by atomic mass is 10.4. The van der Waals surface area contributed by atoms with Crippen molar-refractivity contribution < 1.29 is 10.2 Å². The molecule has 90 valence electrons. The molecule has 1 rings (SSSR count). The summed E-state index contributed by atoms with van der Waals surface area (Å²) in [5.41, 5.74) is 5.51. The molecule has 1 aromatic heterocycles. The smallest absolute Gasteiger partial charge is 0.223 e. The topological polar surface area (TPSA) is 116 Å². The number of nitrogens with one attached hydrogen (secondary N) is 2. The third kappa shape index (κ3) is 3.87. The summed E-state index contributed by atoms with van der Waals surface area (Å²) >= 11 is 0. The van der Waals surface area contributed by atoms with Crippen LogP contribution in [0.25, 0.3) is 0 Å². The summed E-state index contributed by atoms with van der Waals surface area (Å²) < 4.78 is 0. The number of aliphatic hydroxyl groups excluding tert-OH is 2. The molecule has 16 heavy (non-hydrogen) atoms. The quantitative estimate of drug-likeness (QED) is 0.434. The fourth-order valence-corrected chi connectivity index (χ4v) is 1.12. The minimum Gasteiger partial charge on any atom is -0.394 e. The maximum Gasteiger partial charge on any atom is 0.223 e. The summed E-state index contributed by atoms with van der Waals surface area (Å²) in [5, 5.41) is 23.7. The molecule has 1 aromatic rings. The molecule has 0 fully saturated rings. The Kier molecular flexibility index (Phi) is 4.74. The van der Waals surface area contributed by atoms with Crippen LogP contribution >= 0.6 is 0 Å². The van der Waals surface area contributed by atoms with E-state index in [1.165, 1.54) is 0 Å². The molecule has 1 unspecified atom stereocenters. The fraction of sp³-hybridized carbons (Fsp3) is 0.556. The summed E-state index contributed by atoms with van der Waals surface area (Å²) in [4.78, 5) is 7.92. The van der Waals surface area contributed by atoms with Crippen molar-refractivity contribution in [3.63, 3.8) is 0 Å². The Bertz CT molecular complexity index is 334. The van der Waals surface area contributed by atoms with Crippen LogP contribution in [0.15, 0.2) is 6.07 Å². The molecule has 0 saturated heterocycles. The largest absolute Gasteiger partial charge is 0.394 e. The molecule has 0 aliphatic heterocycles. The summed E-state index contributed by atoms with van der Waals surface area (Å²) in [5.74, 6) is 1.28. The Labute approximate surface area is 93.7 Å². The van der Waals surface area contributed by atoms with Gasteiger partial charge < -0.3 is 26.6 Å². The zero-order valence-electron chi connectivity index (χ0n) is 9.14. The number of nitrogens with zero attached hydrogens (tertiary/aromatic N) is 2. The van der Waals surface area contributed by atoms with Gasteiger partial charge in [-0.1, -0.05) is 0 Å². The lowest BCUT2D eigenvalue weighted by Gasteiger charge is -2.11. The molecular weight excluding hydrogens is 210 g/mol. The van der Waals surface area contributed by atoms with Crippen molar-refractivity contribution in [2.75, 3.05) is 36.1 Å². The zero-order chi connectivity index (χ0) is 12.0. The maximum absolute atomic E-state index is 9.16. The van der Waals surface area contributed by atoms with E-state index in [1.807, 2.05) is 6.92 Å². The minimum atomic E-state index is -0.821. The Hall–Kier alpha value is -1.60. The molecule has 1 heterocycles. The summed E-state index contributed by atoms with van der Waals surface area (Å²) in [6.07, 6.45) is -0.821. The van der Waals surface area contributed by atoms with Gasteiger partial charge in [0.1, 0.15) is 11.6 Å². The number of aliphatic hydroxyl groups is 2. The van der Waals surface area contributed by atoms with Crippen molar-refractivity contribution in [2.24, 2.45) is 0 Å². The molecule has 0 aliphatic rings. The van der Waals surface area contributed by atoms with E-state index in [-0.39, 0.29) is 19.1 Å². The second-order valence-corrected chi connectivity index (χ2v) is 3.24. The van der Waals surface area contributed by atoms with Gasteiger partial charge in [-0.15, -0.1) is 0 Å². The summed E-state index contributed by atoms with van der Waals surface area (Å²) in [6.45, 7) is 2.59. The number of aromatic nitrogens is 2. The van der Waals surface area contributed by atoms with Crippen molar-refractivity contribution in [2.45, 2.75) is 13.0 Å². The molecule has 0 bridgehead atoms. The first kappa shape index (κ1) is 12.5. The van der Waals surface area contributed by atoms with Crippen LogP contribution in [0.2, 0.25) is 0 Å². The van der Waals surface area contributed by atoms with Gasteiger partial charge >= 0.3 is 0 Å². The van der Waals surface area contributed by atoms with Crippen molar-refractivity contribution in [1.82, 2.24) is 9.97 Å². The number of hydrogen-bond acceptors (Lipinski definition) is 7. The first-order valence-electron chi connectivity index (χ1n) is 5.07. The maximum atomic E-state index is 9.16. The monoisotopic (exact) mass is 227 g/mol. The van der Waals surface area contributed by atoms with Crippen molar-refractivity contribution in [3.8, 4) is 0 Å². The highest BCUT2D eigenvalue weighted by molar-refractivity contribution is 5.50. The lowest BCUT2D eigenvalue weighted by molar-refractivity contribution is 0.105. The van der Waals surface area contributed by atoms with E-state index < -0.39 is 6.10 Å². The number of anilines is 3. The average Bonchev–Trinajstić information content (AvgIpc) is 2.25. The van der Waals surface area contributed by atoms with Crippen molar-refractivity contribution >= 4 is 17.6 Å². The normalized spacial score (nSPS) is 12.2. The van der Waals surface area contributed by atoms with Gasteiger partial charge in [0.15, 0.2) is 0 Å². The highest BCUT2D eigenvalue weighted by Crippen LogP contribution is 2.11. The van der Waals surface area contributed by atoms with E-state index in [0.29, 0.717) is 11.6 Å². The van der Waals surface area contributed by atoms with Gasteiger partial charge in [-0.2, -0.15) is 9.97 Å². The van der Waals surface area contributed by atoms with Gasteiger partial charge in [0.2, 0.25) is 5.95 Å². The van der Waals surface area contributed by atoms with Gasteiger partial charge in [0.25, 0.3) is 0 Å². The molecule has 7 nitrogen and oxygen atoms in total.